The summed E-state index contributed by atoms with van der Waals surface area (Å²) in [6.07, 6.45) is 4.46. The fourth-order valence-corrected chi connectivity index (χ4v) is 2.58. The van der Waals surface area contributed by atoms with E-state index in [0.717, 1.165) is 42.8 Å². The Bertz CT molecular complexity index is 385. The predicted molar refractivity (Wildman–Crippen MR) is 75.0 cm³/mol. The normalized spacial score (nSPS) is 19.8. The molecule has 1 N–H and O–H groups in total. The first-order chi connectivity index (χ1) is 8.70. The summed E-state index contributed by atoms with van der Waals surface area (Å²) < 4.78 is 0. The van der Waals surface area contributed by atoms with Crippen LogP contribution >= 0.6 is 0 Å². The summed E-state index contributed by atoms with van der Waals surface area (Å²) >= 11 is 0. The Kier molecular flexibility index (Phi) is 4.53. The van der Waals surface area contributed by atoms with Gasteiger partial charge in [0.05, 0.1) is 11.4 Å². The van der Waals surface area contributed by atoms with Gasteiger partial charge in [-0.15, -0.1) is 0 Å². The third-order valence-electron chi connectivity index (χ3n) is 3.61. The van der Waals surface area contributed by atoms with Crippen LogP contribution in [0.3, 0.4) is 0 Å². The van der Waals surface area contributed by atoms with Gasteiger partial charge in [-0.05, 0) is 52.6 Å². The van der Waals surface area contributed by atoms with Crippen molar-refractivity contribution in [2.75, 3.05) is 31.1 Å². The number of hydrogen-bond acceptors (Lipinski definition) is 4. The molecule has 0 aromatic carbocycles. The van der Waals surface area contributed by atoms with Crippen molar-refractivity contribution in [1.29, 1.82) is 0 Å². The summed E-state index contributed by atoms with van der Waals surface area (Å²) in [6, 6.07) is 0. The van der Waals surface area contributed by atoms with E-state index in [9.17, 15) is 0 Å². The summed E-state index contributed by atoms with van der Waals surface area (Å²) in [4.78, 5) is 11.4. The Morgan fingerprint density at radius 2 is 2.28 bits per heavy atom. The second-order valence-corrected chi connectivity index (χ2v) is 5.17. The standard InChI is InChI=1S/C14H24N4/c1-4-18(10-13-6-5-7-15-9-13)14-12(3)16-8-11(2)17-14/h8,13,15H,4-7,9-10H2,1-3H3. The van der Waals surface area contributed by atoms with E-state index in [1.165, 1.54) is 19.4 Å². The summed E-state index contributed by atoms with van der Waals surface area (Å²) in [7, 11) is 0. The average Bonchev–Trinajstić information content (AvgIpc) is 2.40. The van der Waals surface area contributed by atoms with Crippen LogP contribution < -0.4 is 10.2 Å². The molecule has 2 heterocycles. The Hall–Kier alpha value is -1.16. The maximum atomic E-state index is 4.65. The Balaban J connectivity index is 2.09. The van der Waals surface area contributed by atoms with Crippen LogP contribution in [0.4, 0.5) is 5.82 Å². The van der Waals surface area contributed by atoms with Crippen LogP contribution in [0.1, 0.15) is 31.2 Å². The van der Waals surface area contributed by atoms with Crippen molar-refractivity contribution in [1.82, 2.24) is 15.3 Å². The first-order valence-corrected chi connectivity index (χ1v) is 6.96. The molecule has 0 aliphatic carbocycles. The van der Waals surface area contributed by atoms with E-state index in [-0.39, 0.29) is 0 Å². The van der Waals surface area contributed by atoms with Crippen molar-refractivity contribution >= 4 is 5.82 Å². The lowest BCUT2D eigenvalue weighted by Crippen LogP contribution is -2.39. The van der Waals surface area contributed by atoms with Crippen LogP contribution in [-0.4, -0.2) is 36.1 Å². The summed E-state index contributed by atoms with van der Waals surface area (Å²) in [5.74, 6) is 1.79. The van der Waals surface area contributed by atoms with E-state index in [1.807, 2.05) is 20.0 Å². The van der Waals surface area contributed by atoms with Crippen molar-refractivity contribution < 1.29 is 0 Å². The molecule has 0 spiro atoms. The molecular formula is C14H24N4. The Morgan fingerprint density at radius 3 is 2.94 bits per heavy atom. The molecule has 1 unspecified atom stereocenters. The zero-order chi connectivity index (χ0) is 13.0. The first kappa shape index (κ1) is 13.3. The van der Waals surface area contributed by atoms with Crippen molar-refractivity contribution in [3.05, 3.63) is 17.6 Å². The lowest BCUT2D eigenvalue weighted by atomic mass is 9.99. The van der Waals surface area contributed by atoms with Crippen LogP contribution in [0.15, 0.2) is 6.20 Å². The fourth-order valence-electron chi connectivity index (χ4n) is 2.58. The molecule has 1 aliphatic heterocycles. The number of hydrogen-bond donors (Lipinski definition) is 1. The molecule has 4 nitrogen and oxygen atoms in total. The van der Waals surface area contributed by atoms with Gasteiger partial charge in [-0.25, -0.2) is 4.98 Å². The van der Waals surface area contributed by atoms with Crippen LogP contribution in [0.5, 0.6) is 0 Å². The highest BCUT2D eigenvalue weighted by atomic mass is 15.2. The number of nitrogens with zero attached hydrogens (tertiary/aromatic N) is 3. The molecule has 0 amide bonds. The fraction of sp³-hybridized carbons (Fsp3) is 0.714. The number of piperidine rings is 1. The van der Waals surface area contributed by atoms with Gasteiger partial charge >= 0.3 is 0 Å². The zero-order valence-electron chi connectivity index (χ0n) is 11.7. The van der Waals surface area contributed by atoms with Gasteiger partial charge in [0.15, 0.2) is 0 Å². The minimum absolute atomic E-state index is 0.736. The minimum Gasteiger partial charge on any atom is -0.355 e. The quantitative estimate of drug-likeness (QED) is 0.884. The smallest absolute Gasteiger partial charge is 0.150 e. The Labute approximate surface area is 110 Å². The molecule has 0 bridgehead atoms. The van der Waals surface area contributed by atoms with E-state index in [4.69, 9.17) is 0 Å². The summed E-state index contributed by atoms with van der Waals surface area (Å²) in [5.41, 5.74) is 2.03. The summed E-state index contributed by atoms with van der Waals surface area (Å²) in [5, 5.41) is 3.48. The van der Waals surface area contributed by atoms with E-state index >= 15 is 0 Å². The first-order valence-electron chi connectivity index (χ1n) is 6.96. The van der Waals surface area contributed by atoms with E-state index < -0.39 is 0 Å². The van der Waals surface area contributed by atoms with E-state index in [0.29, 0.717) is 0 Å². The molecule has 2 rings (SSSR count). The number of aryl methyl sites for hydroxylation is 2. The van der Waals surface area contributed by atoms with Gasteiger partial charge < -0.3 is 10.2 Å². The maximum Gasteiger partial charge on any atom is 0.150 e. The van der Waals surface area contributed by atoms with Gasteiger partial charge in [-0.3, -0.25) is 4.98 Å². The van der Waals surface area contributed by atoms with Crippen LogP contribution in [0.25, 0.3) is 0 Å². The number of anilines is 1. The molecular weight excluding hydrogens is 224 g/mol. The molecule has 1 atom stereocenters. The monoisotopic (exact) mass is 248 g/mol. The van der Waals surface area contributed by atoms with Gasteiger partial charge in [0, 0.05) is 19.3 Å². The highest BCUT2D eigenvalue weighted by molar-refractivity contribution is 5.43. The van der Waals surface area contributed by atoms with Gasteiger partial charge in [-0.1, -0.05) is 0 Å². The summed E-state index contributed by atoms with van der Waals surface area (Å²) in [6.45, 7) is 10.6. The highest BCUT2D eigenvalue weighted by Crippen LogP contribution is 2.19. The van der Waals surface area contributed by atoms with Gasteiger partial charge in [0.2, 0.25) is 0 Å². The van der Waals surface area contributed by atoms with Crippen molar-refractivity contribution in [3.63, 3.8) is 0 Å². The number of aromatic nitrogens is 2. The SMILES string of the molecule is CCN(CC1CCCNC1)c1nc(C)cnc1C. The number of rotatable bonds is 4. The topological polar surface area (TPSA) is 41.0 Å². The molecule has 18 heavy (non-hydrogen) atoms. The third kappa shape index (κ3) is 3.19. The van der Waals surface area contributed by atoms with E-state index in [1.54, 1.807) is 0 Å². The van der Waals surface area contributed by atoms with Crippen LogP contribution in [0, 0.1) is 19.8 Å². The third-order valence-corrected chi connectivity index (χ3v) is 3.61. The van der Waals surface area contributed by atoms with Crippen molar-refractivity contribution in [3.8, 4) is 0 Å². The molecule has 100 valence electrons. The second kappa shape index (κ2) is 6.14. The van der Waals surface area contributed by atoms with Gasteiger partial charge in [0.25, 0.3) is 0 Å². The number of nitrogens with one attached hydrogen (secondary N) is 1. The molecule has 1 saturated heterocycles. The molecule has 1 aromatic rings. The van der Waals surface area contributed by atoms with Crippen LogP contribution in [0.2, 0.25) is 0 Å². The van der Waals surface area contributed by atoms with E-state index in [2.05, 4.69) is 27.1 Å². The highest BCUT2D eigenvalue weighted by Gasteiger charge is 2.18. The second-order valence-electron chi connectivity index (χ2n) is 5.17. The van der Waals surface area contributed by atoms with Gasteiger partial charge in [0.1, 0.15) is 5.82 Å². The molecule has 4 heteroatoms. The lowest BCUT2D eigenvalue weighted by molar-refractivity contribution is 0.377. The maximum absolute atomic E-state index is 4.65. The molecule has 0 saturated carbocycles. The Morgan fingerprint density at radius 1 is 1.44 bits per heavy atom. The molecule has 0 radical (unpaired) electrons. The van der Waals surface area contributed by atoms with Gasteiger partial charge in [-0.2, -0.15) is 0 Å². The van der Waals surface area contributed by atoms with Crippen molar-refractivity contribution in [2.45, 2.75) is 33.6 Å². The average molecular weight is 248 g/mol. The minimum atomic E-state index is 0.736. The van der Waals surface area contributed by atoms with Crippen LogP contribution in [-0.2, 0) is 0 Å². The van der Waals surface area contributed by atoms with Crippen molar-refractivity contribution in [2.24, 2.45) is 5.92 Å². The largest absolute Gasteiger partial charge is 0.355 e. The molecule has 1 fully saturated rings. The lowest BCUT2D eigenvalue weighted by Gasteiger charge is -2.30. The molecule has 1 aliphatic rings. The predicted octanol–water partition coefficient (Wildman–Crippen LogP) is 1.92. The molecule has 1 aromatic heterocycles. The zero-order valence-corrected chi connectivity index (χ0v) is 11.7.